The molecular weight excluding hydrogens is 273 g/mol. The molecule has 0 saturated carbocycles. The van der Waals surface area contributed by atoms with Crippen LogP contribution in [0.15, 0.2) is 24.3 Å². The quantitative estimate of drug-likeness (QED) is 0.920. The molecule has 1 saturated heterocycles. The lowest BCUT2D eigenvalue weighted by Gasteiger charge is -2.16. The summed E-state index contributed by atoms with van der Waals surface area (Å²) in [5.41, 5.74) is 4.94. The van der Waals surface area contributed by atoms with Crippen molar-refractivity contribution in [3.8, 4) is 5.75 Å². The van der Waals surface area contributed by atoms with Gasteiger partial charge in [0.1, 0.15) is 5.75 Å². The van der Waals surface area contributed by atoms with Crippen molar-refractivity contribution in [3.05, 3.63) is 29.8 Å². The second-order valence-electron chi connectivity index (χ2n) is 4.70. The molecule has 7 heteroatoms. The van der Waals surface area contributed by atoms with E-state index in [0.29, 0.717) is 13.1 Å². The van der Waals surface area contributed by atoms with E-state index in [0.717, 1.165) is 18.6 Å². The SMILES string of the molecule is NC1CCN(C(=O)COc2ccc(C(F)(F)F)cc2)C1. The van der Waals surface area contributed by atoms with Crippen LogP contribution in [0, 0.1) is 0 Å². The van der Waals surface area contributed by atoms with Crippen LogP contribution in [-0.4, -0.2) is 36.5 Å². The number of hydrogen-bond donors (Lipinski definition) is 1. The Balaban J connectivity index is 1.86. The van der Waals surface area contributed by atoms with Crippen molar-refractivity contribution in [2.45, 2.75) is 18.6 Å². The van der Waals surface area contributed by atoms with Gasteiger partial charge in [-0.05, 0) is 30.7 Å². The van der Waals surface area contributed by atoms with Gasteiger partial charge in [-0.3, -0.25) is 4.79 Å². The van der Waals surface area contributed by atoms with Crippen molar-refractivity contribution in [3.63, 3.8) is 0 Å². The molecule has 1 aliphatic heterocycles. The number of amides is 1. The summed E-state index contributed by atoms with van der Waals surface area (Å²) in [5.74, 6) is 0.0210. The maximum Gasteiger partial charge on any atom is 0.416 e. The zero-order valence-corrected chi connectivity index (χ0v) is 10.7. The second kappa shape index (κ2) is 5.70. The molecule has 0 bridgehead atoms. The Morgan fingerprint density at radius 2 is 2.00 bits per heavy atom. The van der Waals surface area contributed by atoms with Crippen molar-refractivity contribution in [1.82, 2.24) is 4.90 Å². The summed E-state index contributed by atoms with van der Waals surface area (Å²) in [6, 6.07) is 4.24. The summed E-state index contributed by atoms with van der Waals surface area (Å²) in [6.07, 6.45) is -3.62. The average molecular weight is 288 g/mol. The highest BCUT2D eigenvalue weighted by atomic mass is 19.4. The number of likely N-dealkylation sites (tertiary alicyclic amines) is 1. The number of benzene rings is 1. The number of nitrogens with zero attached hydrogens (tertiary/aromatic N) is 1. The first-order chi connectivity index (χ1) is 9.36. The van der Waals surface area contributed by atoms with E-state index in [1.807, 2.05) is 0 Å². The molecule has 2 N–H and O–H groups in total. The summed E-state index contributed by atoms with van der Waals surface area (Å²) in [5, 5.41) is 0. The summed E-state index contributed by atoms with van der Waals surface area (Å²) >= 11 is 0. The maximum atomic E-state index is 12.4. The van der Waals surface area contributed by atoms with Crippen LogP contribution in [-0.2, 0) is 11.0 Å². The van der Waals surface area contributed by atoms with Crippen molar-refractivity contribution in [2.75, 3.05) is 19.7 Å². The molecule has 0 spiro atoms. The summed E-state index contributed by atoms with van der Waals surface area (Å²) in [6.45, 7) is 0.893. The molecule has 20 heavy (non-hydrogen) atoms. The molecule has 1 aliphatic rings. The predicted molar refractivity (Wildman–Crippen MR) is 66.1 cm³/mol. The smallest absolute Gasteiger partial charge is 0.416 e. The minimum atomic E-state index is -4.37. The van der Waals surface area contributed by atoms with Crippen LogP contribution in [0.4, 0.5) is 13.2 Å². The topological polar surface area (TPSA) is 55.6 Å². The second-order valence-corrected chi connectivity index (χ2v) is 4.70. The zero-order chi connectivity index (χ0) is 14.8. The van der Waals surface area contributed by atoms with Gasteiger partial charge in [0.15, 0.2) is 6.61 Å². The number of halogens is 3. The van der Waals surface area contributed by atoms with Gasteiger partial charge in [-0.15, -0.1) is 0 Å². The highest BCUT2D eigenvalue weighted by Gasteiger charge is 2.30. The van der Waals surface area contributed by atoms with E-state index in [1.165, 1.54) is 12.1 Å². The molecule has 0 aliphatic carbocycles. The van der Waals surface area contributed by atoms with Gasteiger partial charge < -0.3 is 15.4 Å². The van der Waals surface area contributed by atoms with Gasteiger partial charge in [0.2, 0.25) is 0 Å². The average Bonchev–Trinajstić information content (AvgIpc) is 2.82. The highest BCUT2D eigenvalue weighted by Crippen LogP contribution is 2.30. The van der Waals surface area contributed by atoms with Gasteiger partial charge in [0.25, 0.3) is 5.91 Å². The molecule has 1 atom stereocenters. The molecule has 1 fully saturated rings. The molecule has 2 rings (SSSR count). The Hall–Kier alpha value is -1.76. The van der Waals surface area contributed by atoms with Gasteiger partial charge in [-0.2, -0.15) is 13.2 Å². The number of rotatable bonds is 3. The Bertz CT molecular complexity index is 473. The molecule has 1 amide bonds. The summed E-state index contributed by atoms with van der Waals surface area (Å²) in [4.78, 5) is 13.3. The third kappa shape index (κ3) is 3.63. The third-order valence-corrected chi connectivity index (χ3v) is 3.12. The van der Waals surface area contributed by atoms with Gasteiger partial charge in [-0.25, -0.2) is 0 Å². The monoisotopic (exact) mass is 288 g/mol. The van der Waals surface area contributed by atoms with Gasteiger partial charge in [-0.1, -0.05) is 0 Å². The molecule has 1 heterocycles. The predicted octanol–water partition coefficient (Wildman–Crippen LogP) is 1.64. The molecule has 0 radical (unpaired) electrons. The lowest BCUT2D eigenvalue weighted by molar-refractivity contribution is -0.137. The van der Waals surface area contributed by atoms with E-state index >= 15 is 0 Å². The van der Waals surface area contributed by atoms with E-state index in [9.17, 15) is 18.0 Å². The van der Waals surface area contributed by atoms with Gasteiger partial charge in [0.05, 0.1) is 5.56 Å². The van der Waals surface area contributed by atoms with Crippen LogP contribution in [0.2, 0.25) is 0 Å². The number of ether oxygens (including phenoxy) is 1. The standard InChI is InChI=1S/C13H15F3N2O2/c14-13(15,16)9-1-3-11(4-2-9)20-8-12(19)18-6-5-10(17)7-18/h1-4,10H,5-8,17H2. The molecule has 1 aromatic carbocycles. The van der Waals surface area contributed by atoms with Crippen LogP contribution in [0.1, 0.15) is 12.0 Å². The van der Waals surface area contributed by atoms with E-state index < -0.39 is 11.7 Å². The maximum absolute atomic E-state index is 12.4. The van der Waals surface area contributed by atoms with E-state index in [-0.39, 0.29) is 24.3 Å². The summed E-state index contributed by atoms with van der Waals surface area (Å²) in [7, 11) is 0. The van der Waals surface area contributed by atoms with E-state index in [2.05, 4.69) is 0 Å². The van der Waals surface area contributed by atoms with E-state index in [4.69, 9.17) is 10.5 Å². The fourth-order valence-corrected chi connectivity index (χ4v) is 1.99. The van der Waals surface area contributed by atoms with Crippen molar-refractivity contribution in [2.24, 2.45) is 5.73 Å². The highest BCUT2D eigenvalue weighted by molar-refractivity contribution is 5.78. The number of carbonyl (C=O) groups is 1. The van der Waals surface area contributed by atoms with Gasteiger partial charge >= 0.3 is 6.18 Å². The Kier molecular flexibility index (Phi) is 4.17. The normalized spacial score (nSPS) is 19.2. The molecule has 4 nitrogen and oxygen atoms in total. The Labute approximate surface area is 114 Å². The zero-order valence-electron chi connectivity index (χ0n) is 10.7. The molecular formula is C13H15F3N2O2. The number of alkyl halides is 3. The van der Waals surface area contributed by atoms with Crippen LogP contribution >= 0.6 is 0 Å². The Morgan fingerprint density at radius 3 is 2.50 bits per heavy atom. The van der Waals surface area contributed by atoms with Crippen LogP contribution in [0.5, 0.6) is 5.75 Å². The first kappa shape index (κ1) is 14.6. The van der Waals surface area contributed by atoms with Crippen LogP contribution in [0.25, 0.3) is 0 Å². The number of carbonyl (C=O) groups excluding carboxylic acids is 1. The van der Waals surface area contributed by atoms with Crippen molar-refractivity contribution >= 4 is 5.91 Å². The minimum absolute atomic E-state index is 0.00924. The number of hydrogen-bond acceptors (Lipinski definition) is 3. The first-order valence-corrected chi connectivity index (χ1v) is 6.19. The molecule has 1 aromatic rings. The lowest BCUT2D eigenvalue weighted by Crippen LogP contribution is -2.35. The molecule has 110 valence electrons. The third-order valence-electron chi connectivity index (χ3n) is 3.12. The lowest BCUT2D eigenvalue weighted by atomic mass is 10.2. The summed E-state index contributed by atoms with van der Waals surface area (Å²) < 4.78 is 42.3. The minimum Gasteiger partial charge on any atom is -0.484 e. The number of nitrogens with two attached hydrogens (primary N) is 1. The fourth-order valence-electron chi connectivity index (χ4n) is 1.99. The molecule has 1 unspecified atom stereocenters. The first-order valence-electron chi connectivity index (χ1n) is 6.19. The largest absolute Gasteiger partial charge is 0.484 e. The van der Waals surface area contributed by atoms with Crippen LogP contribution < -0.4 is 10.5 Å². The fraction of sp³-hybridized carbons (Fsp3) is 0.462. The van der Waals surface area contributed by atoms with Crippen molar-refractivity contribution in [1.29, 1.82) is 0 Å². The van der Waals surface area contributed by atoms with E-state index in [1.54, 1.807) is 4.90 Å². The van der Waals surface area contributed by atoms with Gasteiger partial charge in [0, 0.05) is 19.1 Å². The Morgan fingerprint density at radius 1 is 1.35 bits per heavy atom. The van der Waals surface area contributed by atoms with Crippen molar-refractivity contribution < 1.29 is 22.7 Å². The molecule has 0 aromatic heterocycles. The van der Waals surface area contributed by atoms with Crippen LogP contribution in [0.3, 0.4) is 0 Å².